The number of fused-ring (bicyclic) bond motifs is 1. The predicted octanol–water partition coefficient (Wildman–Crippen LogP) is 2.97. The van der Waals surface area contributed by atoms with Gasteiger partial charge in [0.25, 0.3) is 5.56 Å². The van der Waals surface area contributed by atoms with Gasteiger partial charge in [0, 0.05) is 29.2 Å². The van der Waals surface area contributed by atoms with E-state index in [1.807, 2.05) is 38.1 Å². The van der Waals surface area contributed by atoms with Crippen LogP contribution in [0, 0.1) is 6.92 Å². The summed E-state index contributed by atoms with van der Waals surface area (Å²) in [4.78, 5) is 23.1. The van der Waals surface area contributed by atoms with E-state index in [0.717, 1.165) is 21.8 Å². The third-order valence-corrected chi connectivity index (χ3v) is 4.26. The molecule has 20 heavy (non-hydrogen) atoms. The van der Waals surface area contributed by atoms with E-state index >= 15 is 0 Å². The number of hydrogen-bond donors (Lipinski definition) is 0. The molecule has 0 fully saturated rings. The van der Waals surface area contributed by atoms with Crippen LogP contribution in [0.15, 0.2) is 41.6 Å². The van der Waals surface area contributed by atoms with Gasteiger partial charge in [-0.3, -0.25) is 14.3 Å². The van der Waals surface area contributed by atoms with Crippen LogP contribution >= 0.6 is 11.3 Å². The van der Waals surface area contributed by atoms with Crippen molar-refractivity contribution in [3.63, 3.8) is 0 Å². The molecular weight excluding hydrogens is 270 g/mol. The molecule has 0 unspecified atom stereocenters. The molecule has 0 bridgehead atoms. The van der Waals surface area contributed by atoms with Crippen LogP contribution in [0.4, 0.5) is 0 Å². The lowest BCUT2D eigenvalue weighted by molar-refractivity contribution is 0.518. The maximum atomic E-state index is 12.5. The van der Waals surface area contributed by atoms with Crippen LogP contribution in [0.25, 0.3) is 10.2 Å². The maximum Gasteiger partial charge on any atom is 0.262 e. The second-order valence-electron chi connectivity index (χ2n) is 4.91. The van der Waals surface area contributed by atoms with Gasteiger partial charge in [0.1, 0.15) is 4.83 Å². The Kier molecular flexibility index (Phi) is 3.36. The summed E-state index contributed by atoms with van der Waals surface area (Å²) in [5.74, 6) is 0. The molecule has 0 aliphatic heterocycles. The molecule has 3 rings (SSSR count). The van der Waals surface area contributed by atoms with E-state index in [-0.39, 0.29) is 11.6 Å². The van der Waals surface area contributed by atoms with E-state index in [4.69, 9.17) is 0 Å². The summed E-state index contributed by atoms with van der Waals surface area (Å²) in [6, 6.07) is 7.78. The molecule has 0 saturated carbocycles. The van der Waals surface area contributed by atoms with E-state index < -0.39 is 0 Å². The molecule has 0 aromatic carbocycles. The maximum absolute atomic E-state index is 12.5. The average molecular weight is 285 g/mol. The van der Waals surface area contributed by atoms with E-state index in [0.29, 0.717) is 5.39 Å². The lowest BCUT2D eigenvalue weighted by Gasteiger charge is -2.14. The Labute approximate surface area is 120 Å². The van der Waals surface area contributed by atoms with E-state index in [1.54, 1.807) is 28.4 Å². The zero-order chi connectivity index (χ0) is 14.1. The first-order valence-electron chi connectivity index (χ1n) is 6.52. The van der Waals surface area contributed by atoms with Gasteiger partial charge < -0.3 is 0 Å². The quantitative estimate of drug-likeness (QED) is 0.743. The molecule has 3 aromatic heterocycles. The van der Waals surface area contributed by atoms with Crippen LogP contribution in [0.2, 0.25) is 0 Å². The van der Waals surface area contributed by atoms with Crippen molar-refractivity contribution in [1.29, 1.82) is 0 Å². The molecule has 5 heteroatoms. The van der Waals surface area contributed by atoms with Gasteiger partial charge in [0.2, 0.25) is 0 Å². The minimum atomic E-state index is 0.0304. The van der Waals surface area contributed by atoms with Crippen LogP contribution in [0.5, 0.6) is 0 Å². The standard InChI is InChI=1S/C15H15N3OS/c1-10(7-12-5-3-4-6-16-12)18-9-17-14-13(15(18)19)8-11(2)20-14/h3-6,8-10H,7H2,1-2H3/t10-/m0/s1. The molecule has 0 spiro atoms. The lowest BCUT2D eigenvalue weighted by Crippen LogP contribution is -2.24. The molecule has 0 N–H and O–H groups in total. The number of rotatable bonds is 3. The second kappa shape index (κ2) is 5.17. The largest absolute Gasteiger partial charge is 0.295 e. The number of nitrogens with zero attached hydrogens (tertiary/aromatic N) is 3. The highest BCUT2D eigenvalue weighted by Crippen LogP contribution is 2.20. The Morgan fingerprint density at radius 1 is 1.35 bits per heavy atom. The smallest absolute Gasteiger partial charge is 0.262 e. The fourth-order valence-electron chi connectivity index (χ4n) is 2.29. The Morgan fingerprint density at radius 2 is 2.20 bits per heavy atom. The van der Waals surface area contributed by atoms with E-state index in [1.165, 1.54) is 0 Å². The van der Waals surface area contributed by atoms with Crippen molar-refractivity contribution in [1.82, 2.24) is 14.5 Å². The molecule has 0 aliphatic rings. The number of aromatic nitrogens is 3. The van der Waals surface area contributed by atoms with Gasteiger partial charge in [0.15, 0.2) is 0 Å². The van der Waals surface area contributed by atoms with Crippen molar-refractivity contribution in [2.45, 2.75) is 26.3 Å². The Hall–Kier alpha value is -2.01. The van der Waals surface area contributed by atoms with Crippen molar-refractivity contribution in [2.24, 2.45) is 0 Å². The molecule has 4 nitrogen and oxygen atoms in total. The number of pyridine rings is 1. The lowest BCUT2D eigenvalue weighted by atomic mass is 10.1. The highest BCUT2D eigenvalue weighted by molar-refractivity contribution is 7.18. The molecule has 0 amide bonds. The van der Waals surface area contributed by atoms with Crippen LogP contribution < -0.4 is 5.56 Å². The predicted molar refractivity (Wildman–Crippen MR) is 81.3 cm³/mol. The molecule has 102 valence electrons. The van der Waals surface area contributed by atoms with Crippen LogP contribution in [0.1, 0.15) is 23.5 Å². The monoisotopic (exact) mass is 285 g/mol. The molecule has 1 atom stereocenters. The Morgan fingerprint density at radius 3 is 2.95 bits per heavy atom. The summed E-state index contributed by atoms with van der Waals surface area (Å²) in [7, 11) is 0. The van der Waals surface area contributed by atoms with Gasteiger partial charge in [-0.2, -0.15) is 0 Å². The summed E-state index contributed by atoms with van der Waals surface area (Å²) in [5, 5.41) is 0.711. The van der Waals surface area contributed by atoms with Gasteiger partial charge in [-0.15, -0.1) is 11.3 Å². The topological polar surface area (TPSA) is 47.8 Å². The molecule has 3 aromatic rings. The van der Waals surface area contributed by atoms with Crippen molar-refractivity contribution in [2.75, 3.05) is 0 Å². The number of aryl methyl sites for hydroxylation is 1. The van der Waals surface area contributed by atoms with Gasteiger partial charge in [-0.05, 0) is 32.0 Å². The van der Waals surface area contributed by atoms with E-state index in [9.17, 15) is 4.79 Å². The van der Waals surface area contributed by atoms with Crippen molar-refractivity contribution >= 4 is 21.6 Å². The fourth-order valence-corrected chi connectivity index (χ4v) is 3.13. The average Bonchev–Trinajstić information content (AvgIpc) is 2.82. The second-order valence-corrected chi connectivity index (χ2v) is 6.14. The normalized spacial score (nSPS) is 12.7. The number of thiophene rings is 1. The third kappa shape index (κ3) is 2.36. The third-order valence-electron chi connectivity index (χ3n) is 3.31. The molecule has 3 heterocycles. The van der Waals surface area contributed by atoms with Gasteiger partial charge >= 0.3 is 0 Å². The van der Waals surface area contributed by atoms with Crippen LogP contribution in [-0.2, 0) is 6.42 Å². The first-order valence-corrected chi connectivity index (χ1v) is 7.34. The van der Waals surface area contributed by atoms with Crippen molar-refractivity contribution in [3.05, 3.63) is 57.7 Å². The SMILES string of the molecule is Cc1cc2c(=O)n([C@@H](C)Cc3ccccn3)cnc2s1. The summed E-state index contributed by atoms with van der Waals surface area (Å²) in [5.41, 5.74) is 1.01. The Bertz CT molecular complexity index is 792. The van der Waals surface area contributed by atoms with Crippen LogP contribution in [-0.4, -0.2) is 14.5 Å². The van der Waals surface area contributed by atoms with Crippen LogP contribution in [0.3, 0.4) is 0 Å². The summed E-state index contributed by atoms with van der Waals surface area (Å²) in [6.45, 7) is 4.01. The summed E-state index contributed by atoms with van der Waals surface area (Å²) in [6.07, 6.45) is 4.14. The summed E-state index contributed by atoms with van der Waals surface area (Å²) < 4.78 is 1.70. The highest BCUT2D eigenvalue weighted by atomic mass is 32.1. The first-order chi connectivity index (χ1) is 9.65. The number of hydrogen-bond acceptors (Lipinski definition) is 4. The fraction of sp³-hybridized carbons (Fsp3) is 0.267. The van der Waals surface area contributed by atoms with Gasteiger partial charge in [0.05, 0.1) is 11.7 Å². The first kappa shape index (κ1) is 13.0. The highest BCUT2D eigenvalue weighted by Gasteiger charge is 2.12. The van der Waals surface area contributed by atoms with Gasteiger partial charge in [-0.1, -0.05) is 6.07 Å². The minimum Gasteiger partial charge on any atom is -0.295 e. The summed E-state index contributed by atoms with van der Waals surface area (Å²) >= 11 is 1.55. The zero-order valence-electron chi connectivity index (χ0n) is 11.4. The zero-order valence-corrected chi connectivity index (χ0v) is 12.2. The van der Waals surface area contributed by atoms with E-state index in [2.05, 4.69) is 9.97 Å². The molecule has 0 aliphatic carbocycles. The molecule has 0 saturated heterocycles. The van der Waals surface area contributed by atoms with Crippen molar-refractivity contribution in [3.8, 4) is 0 Å². The molecular formula is C15H15N3OS. The van der Waals surface area contributed by atoms with Crippen molar-refractivity contribution < 1.29 is 0 Å². The minimum absolute atomic E-state index is 0.0304. The van der Waals surface area contributed by atoms with Gasteiger partial charge in [-0.25, -0.2) is 4.98 Å². The molecule has 0 radical (unpaired) electrons. The Balaban J connectivity index is 1.97.